The molecule has 0 saturated heterocycles. The van der Waals surface area contributed by atoms with Crippen LogP contribution in [0.3, 0.4) is 0 Å². The van der Waals surface area contributed by atoms with Crippen LogP contribution in [0.1, 0.15) is 125 Å². The first-order valence-electron chi connectivity index (χ1n) is 16.9. The predicted octanol–water partition coefficient (Wildman–Crippen LogP) is 10.0. The Morgan fingerprint density at radius 3 is 1.04 bits per heavy atom. The van der Waals surface area contributed by atoms with Gasteiger partial charge in [-0.2, -0.15) is 0 Å². The molecule has 0 aromatic rings. The zero-order chi connectivity index (χ0) is 36.8. The molecular weight excluding hydrogens is 664 g/mol. The molecule has 2 N–H and O–H groups in total. The molecule has 0 amide bonds. The molecule has 0 fully saturated rings. The molecule has 2 aliphatic rings. The van der Waals surface area contributed by atoms with Gasteiger partial charge in [-0.1, -0.05) is 95.2 Å². The number of rotatable bonds is 5. The van der Waals surface area contributed by atoms with Crippen molar-refractivity contribution in [2.45, 2.75) is 136 Å². The first-order chi connectivity index (χ1) is 20.9. The fraction of sp³-hybridized carbons (Fsp3) is 0.650. The van der Waals surface area contributed by atoms with Gasteiger partial charge >= 0.3 is 77.8 Å². The van der Waals surface area contributed by atoms with Gasteiger partial charge < -0.3 is 10.6 Å². The quantitative estimate of drug-likeness (QED) is 0.168. The van der Waals surface area contributed by atoms with E-state index in [1.165, 1.54) is 0 Å². The summed E-state index contributed by atoms with van der Waals surface area (Å²) < 4.78 is 9.01. The van der Waals surface area contributed by atoms with Crippen molar-refractivity contribution in [2.24, 2.45) is 28.7 Å². The van der Waals surface area contributed by atoms with Gasteiger partial charge in [0.15, 0.2) is 11.6 Å². The number of Topliss-reactive ketones (excluding diaryl/α,β-unsaturated/α-hetero) is 2. The molecule has 0 heterocycles. The van der Waals surface area contributed by atoms with E-state index in [1.807, 2.05) is 24.6 Å². The van der Waals surface area contributed by atoms with Crippen molar-refractivity contribution in [3.05, 3.63) is 70.1 Å². The molecule has 2 rings (SSSR count). The van der Waals surface area contributed by atoms with Crippen LogP contribution in [0.2, 0.25) is 0 Å². The SMILES string of the molecule is CC(C)(C)C1=CC(=CNCCNC=C2C=C(C(C)(C)C)C=C(C(C)(C)C)C2=O)C(=O)C(C(C)(C)C)=C1.CC(C)(C)[N]=[Mo]=[N]C(C)(C)C. The molecule has 0 spiro atoms. The fourth-order valence-corrected chi connectivity index (χ4v) is 5.58. The van der Waals surface area contributed by atoms with Gasteiger partial charge in [-0.05, 0) is 45.0 Å². The minimum absolute atomic E-state index is 0.0453. The van der Waals surface area contributed by atoms with E-state index in [0.717, 1.165) is 22.3 Å². The molecule has 7 heteroatoms. The Morgan fingerprint density at radius 1 is 0.511 bits per heavy atom. The summed E-state index contributed by atoms with van der Waals surface area (Å²) in [5.74, 6) is 0.152. The summed E-state index contributed by atoms with van der Waals surface area (Å²) in [6, 6.07) is 0. The summed E-state index contributed by atoms with van der Waals surface area (Å²) in [6.07, 6.45) is 11.8. The van der Waals surface area contributed by atoms with Crippen LogP contribution >= 0.6 is 0 Å². The summed E-state index contributed by atoms with van der Waals surface area (Å²) in [5.41, 5.74) is 5.04. The molecular formula is C40H66MoN4O2. The van der Waals surface area contributed by atoms with Gasteiger partial charge in [-0.3, -0.25) is 9.59 Å². The molecule has 0 bridgehead atoms. The van der Waals surface area contributed by atoms with E-state index in [2.05, 4.69) is 154 Å². The van der Waals surface area contributed by atoms with Gasteiger partial charge in [0, 0.05) is 47.8 Å². The molecule has 0 saturated carbocycles. The molecule has 2 aliphatic carbocycles. The van der Waals surface area contributed by atoms with E-state index in [4.69, 9.17) is 0 Å². The first-order valence-corrected chi connectivity index (χ1v) is 18.7. The van der Waals surface area contributed by atoms with Crippen LogP contribution in [-0.4, -0.2) is 35.7 Å². The van der Waals surface area contributed by atoms with E-state index < -0.39 is 18.2 Å². The molecule has 0 aromatic carbocycles. The third kappa shape index (κ3) is 15.2. The number of hydrogen-bond donors (Lipinski definition) is 2. The zero-order valence-corrected chi connectivity index (χ0v) is 35.0. The third-order valence-corrected chi connectivity index (χ3v) is 10.2. The molecule has 47 heavy (non-hydrogen) atoms. The van der Waals surface area contributed by atoms with Crippen LogP contribution in [0, 0.1) is 21.7 Å². The third-order valence-electron chi connectivity index (χ3n) is 7.14. The van der Waals surface area contributed by atoms with Crippen molar-refractivity contribution >= 4 is 11.6 Å². The van der Waals surface area contributed by atoms with Crippen LogP contribution in [0.5, 0.6) is 0 Å². The van der Waals surface area contributed by atoms with Gasteiger partial charge in [0.1, 0.15) is 0 Å². The maximum atomic E-state index is 13.1. The number of carbonyl (C=O) groups excluding carboxylic acids is 2. The average molecular weight is 731 g/mol. The Kier molecular flexibility index (Phi) is 14.5. The van der Waals surface area contributed by atoms with E-state index >= 15 is 0 Å². The number of allylic oxidation sites excluding steroid dienone is 10. The van der Waals surface area contributed by atoms with Crippen molar-refractivity contribution in [1.82, 2.24) is 10.6 Å². The molecule has 0 radical (unpaired) electrons. The summed E-state index contributed by atoms with van der Waals surface area (Å²) in [7, 11) is 0. The van der Waals surface area contributed by atoms with Gasteiger partial charge in [0.25, 0.3) is 0 Å². The van der Waals surface area contributed by atoms with Crippen molar-refractivity contribution in [3.8, 4) is 0 Å². The topological polar surface area (TPSA) is 82.9 Å². The standard InChI is InChI=1S/C32H48N2O2.2C4H9N.Mo/c1-29(2,3)23-15-21(27(35)25(17-23)31(7,8)9)19-33-13-14-34-20-22-16-24(30(4,5)6)18-26(28(22)36)32(10,11)12;2*1-4(2,3)5;/h15-20,33-34H,13-14H2,1-12H3;2*1-3H3;. The van der Waals surface area contributed by atoms with E-state index in [1.54, 1.807) is 0 Å². The van der Waals surface area contributed by atoms with Crippen LogP contribution < -0.4 is 10.6 Å². The monoisotopic (exact) mass is 732 g/mol. The maximum absolute atomic E-state index is 13.1. The number of hydrogen-bond acceptors (Lipinski definition) is 6. The summed E-state index contributed by atoms with van der Waals surface area (Å²) in [6.45, 7) is 39.5. The van der Waals surface area contributed by atoms with Gasteiger partial charge in [-0.15, -0.1) is 0 Å². The molecule has 6 nitrogen and oxygen atoms in total. The van der Waals surface area contributed by atoms with Gasteiger partial charge in [0.05, 0.1) is 0 Å². The second-order valence-electron chi connectivity index (χ2n) is 18.7. The van der Waals surface area contributed by atoms with E-state index in [9.17, 15) is 9.59 Å². The normalized spacial score (nSPS) is 18.4. The number of ketones is 2. The van der Waals surface area contributed by atoms with Crippen LogP contribution in [0.4, 0.5) is 0 Å². The predicted molar refractivity (Wildman–Crippen MR) is 197 cm³/mol. The Morgan fingerprint density at radius 2 is 0.809 bits per heavy atom. The minimum atomic E-state index is -0.473. The van der Waals surface area contributed by atoms with Crippen molar-refractivity contribution in [1.29, 1.82) is 0 Å². The summed E-state index contributed by atoms with van der Waals surface area (Å²) in [4.78, 5) is 26.3. The second-order valence-corrected chi connectivity index (χ2v) is 20.0. The Hall–Kier alpha value is -2.33. The fourth-order valence-electron chi connectivity index (χ4n) is 4.27. The first kappa shape index (κ1) is 42.7. The number of carbonyl (C=O) groups is 2. The Bertz CT molecular complexity index is 1310. The van der Waals surface area contributed by atoms with Crippen LogP contribution in [-0.2, 0) is 27.8 Å². The van der Waals surface area contributed by atoms with Crippen LogP contribution in [0.25, 0.3) is 0 Å². The number of nitrogens with one attached hydrogen (secondary N) is 2. The Labute approximate surface area is 296 Å². The van der Waals surface area contributed by atoms with Crippen molar-refractivity contribution in [2.75, 3.05) is 13.1 Å². The van der Waals surface area contributed by atoms with Gasteiger partial charge in [0.2, 0.25) is 0 Å². The molecule has 0 aliphatic heterocycles. The number of nitrogens with zero attached hydrogens (tertiary/aromatic N) is 2. The van der Waals surface area contributed by atoms with Crippen LogP contribution in [0.15, 0.2) is 77.1 Å². The van der Waals surface area contributed by atoms with Gasteiger partial charge in [-0.25, -0.2) is 0 Å². The second kappa shape index (κ2) is 15.9. The average Bonchev–Trinajstić information content (AvgIpc) is 2.83. The molecule has 0 unspecified atom stereocenters. The zero-order valence-electron chi connectivity index (χ0n) is 33.0. The molecule has 264 valence electrons. The molecule has 0 atom stereocenters. The van der Waals surface area contributed by atoms with E-state index in [0.29, 0.717) is 24.2 Å². The van der Waals surface area contributed by atoms with Crippen molar-refractivity contribution in [3.63, 3.8) is 0 Å². The molecule has 0 aromatic heterocycles. The van der Waals surface area contributed by atoms with E-state index in [-0.39, 0.29) is 44.3 Å². The summed E-state index contributed by atoms with van der Waals surface area (Å²) in [5, 5.41) is 6.57. The van der Waals surface area contributed by atoms with Crippen molar-refractivity contribution < 1.29 is 27.8 Å². The Balaban J connectivity index is 0.000000856. The summed E-state index contributed by atoms with van der Waals surface area (Å²) >= 11 is -0.473.